The van der Waals surface area contributed by atoms with E-state index in [1.54, 1.807) is 11.8 Å². The van der Waals surface area contributed by atoms with Crippen LogP contribution in [0.15, 0.2) is 59.5 Å². The first kappa shape index (κ1) is 20.8. The molecule has 1 heterocycles. The van der Waals surface area contributed by atoms with Crippen molar-refractivity contribution in [3.05, 3.63) is 65.2 Å². The summed E-state index contributed by atoms with van der Waals surface area (Å²) in [6.45, 7) is 5.11. The number of sulfonamides is 1. The average Bonchev–Trinajstić information content (AvgIpc) is 2.69. The molecule has 0 spiro atoms. The molecule has 6 nitrogen and oxygen atoms in total. The zero-order valence-corrected chi connectivity index (χ0v) is 17.3. The molecule has 150 valence electrons. The zero-order chi connectivity index (χ0) is 20.1. The average molecular weight is 422 g/mol. The van der Waals surface area contributed by atoms with Crippen molar-refractivity contribution in [1.82, 2.24) is 14.5 Å². The molecule has 0 aliphatic carbocycles. The zero-order valence-electron chi connectivity index (χ0n) is 15.7. The highest BCUT2D eigenvalue weighted by Crippen LogP contribution is 2.15. The third-order valence-electron chi connectivity index (χ3n) is 4.76. The second-order valence-corrected chi connectivity index (χ2v) is 9.03. The molecule has 1 amide bonds. The van der Waals surface area contributed by atoms with Crippen LogP contribution in [0.1, 0.15) is 12.5 Å². The molecule has 2 aromatic carbocycles. The lowest BCUT2D eigenvalue weighted by Crippen LogP contribution is -2.53. The van der Waals surface area contributed by atoms with E-state index in [1.807, 2.05) is 18.2 Å². The Morgan fingerprint density at radius 3 is 2.25 bits per heavy atom. The number of carbonyl (C=O) groups excluding carboxylic acids is 1. The normalized spacial score (nSPS) is 16.7. The lowest BCUT2D eigenvalue weighted by Gasteiger charge is -2.36. The number of carbonyl (C=O) groups is 1. The molecule has 1 saturated heterocycles. The predicted octanol–water partition coefficient (Wildman–Crippen LogP) is 2.35. The van der Waals surface area contributed by atoms with Gasteiger partial charge in [0.05, 0.1) is 10.9 Å². The van der Waals surface area contributed by atoms with Gasteiger partial charge in [-0.1, -0.05) is 41.9 Å². The predicted molar refractivity (Wildman–Crippen MR) is 110 cm³/mol. The number of benzene rings is 2. The molecular weight excluding hydrogens is 398 g/mol. The fourth-order valence-electron chi connectivity index (χ4n) is 3.21. The van der Waals surface area contributed by atoms with Gasteiger partial charge in [-0.05, 0) is 36.8 Å². The molecule has 0 radical (unpaired) electrons. The highest BCUT2D eigenvalue weighted by Gasteiger charge is 2.28. The molecule has 1 N–H and O–H groups in total. The number of hydrogen-bond donors (Lipinski definition) is 1. The van der Waals surface area contributed by atoms with Crippen LogP contribution in [0.3, 0.4) is 0 Å². The van der Waals surface area contributed by atoms with Gasteiger partial charge in [-0.25, -0.2) is 8.42 Å². The quantitative estimate of drug-likeness (QED) is 0.777. The van der Waals surface area contributed by atoms with Crippen LogP contribution >= 0.6 is 11.6 Å². The molecule has 1 fully saturated rings. The summed E-state index contributed by atoms with van der Waals surface area (Å²) in [5, 5.41) is 0.455. The Labute approximate surface area is 171 Å². The van der Waals surface area contributed by atoms with E-state index in [1.165, 1.54) is 29.8 Å². The maximum Gasteiger partial charge on any atom is 0.241 e. The third kappa shape index (κ3) is 5.32. The van der Waals surface area contributed by atoms with Gasteiger partial charge in [0.1, 0.15) is 0 Å². The van der Waals surface area contributed by atoms with E-state index in [2.05, 4.69) is 21.8 Å². The van der Waals surface area contributed by atoms with Crippen LogP contribution in [0, 0.1) is 0 Å². The Hall–Kier alpha value is -1.93. The van der Waals surface area contributed by atoms with Crippen LogP contribution in [0.4, 0.5) is 0 Å². The van der Waals surface area contributed by atoms with Crippen molar-refractivity contribution in [3.8, 4) is 0 Å². The monoisotopic (exact) mass is 421 g/mol. The number of nitrogens with zero attached hydrogens (tertiary/aromatic N) is 2. The molecule has 0 bridgehead atoms. The van der Waals surface area contributed by atoms with Crippen LogP contribution in [0.5, 0.6) is 0 Å². The Morgan fingerprint density at radius 2 is 1.64 bits per heavy atom. The Balaban J connectivity index is 1.53. The minimum Gasteiger partial charge on any atom is -0.339 e. The molecule has 3 rings (SSSR count). The molecule has 0 saturated carbocycles. The van der Waals surface area contributed by atoms with Gasteiger partial charge in [0.2, 0.25) is 15.9 Å². The Bertz CT molecular complexity index is 896. The third-order valence-corrected chi connectivity index (χ3v) is 6.57. The second-order valence-electron chi connectivity index (χ2n) is 6.88. The summed E-state index contributed by atoms with van der Waals surface area (Å²) in [6.07, 6.45) is 0. The summed E-state index contributed by atoms with van der Waals surface area (Å²) in [7, 11) is -3.78. The van der Waals surface area contributed by atoms with E-state index >= 15 is 0 Å². The van der Waals surface area contributed by atoms with Crippen LogP contribution in [-0.4, -0.2) is 56.3 Å². The number of halogens is 1. The lowest BCUT2D eigenvalue weighted by molar-refractivity contribution is -0.134. The van der Waals surface area contributed by atoms with Gasteiger partial charge in [-0.3, -0.25) is 9.69 Å². The number of amides is 1. The topological polar surface area (TPSA) is 69.7 Å². The molecule has 0 aromatic heterocycles. The lowest BCUT2D eigenvalue weighted by atomic mass is 10.2. The van der Waals surface area contributed by atoms with Crippen molar-refractivity contribution in [2.24, 2.45) is 0 Å². The molecular formula is C20H24ClN3O3S. The van der Waals surface area contributed by atoms with Crippen molar-refractivity contribution in [2.75, 3.05) is 26.2 Å². The SMILES string of the molecule is C[C@H](NS(=O)(=O)c1ccc(Cl)cc1)C(=O)N1CCN(Cc2ccccc2)CC1. The van der Waals surface area contributed by atoms with E-state index in [9.17, 15) is 13.2 Å². The first-order valence-corrected chi connectivity index (χ1v) is 11.0. The van der Waals surface area contributed by atoms with E-state index in [-0.39, 0.29) is 10.8 Å². The summed E-state index contributed by atoms with van der Waals surface area (Å²) < 4.78 is 27.4. The minimum absolute atomic E-state index is 0.0873. The summed E-state index contributed by atoms with van der Waals surface area (Å²) in [5.74, 6) is -0.211. The number of nitrogens with one attached hydrogen (secondary N) is 1. The smallest absolute Gasteiger partial charge is 0.241 e. The van der Waals surface area contributed by atoms with Crippen molar-refractivity contribution in [2.45, 2.75) is 24.4 Å². The van der Waals surface area contributed by atoms with Gasteiger partial charge in [0.25, 0.3) is 0 Å². The fourth-order valence-corrected chi connectivity index (χ4v) is 4.53. The standard InChI is InChI=1S/C20H24ClN3O3S/c1-16(22-28(26,27)19-9-7-18(21)8-10-19)20(25)24-13-11-23(12-14-24)15-17-5-3-2-4-6-17/h2-10,16,22H,11-15H2,1H3/t16-/m0/s1. The van der Waals surface area contributed by atoms with E-state index in [0.717, 1.165) is 19.6 Å². The summed E-state index contributed by atoms with van der Waals surface area (Å²) >= 11 is 5.80. The molecule has 2 aromatic rings. The maximum absolute atomic E-state index is 12.7. The summed E-state index contributed by atoms with van der Waals surface area (Å²) in [4.78, 5) is 16.8. The molecule has 1 aliphatic rings. The Kier molecular flexibility index (Phi) is 6.72. The molecule has 1 atom stereocenters. The van der Waals surface area contributed by atoms with Crippen LogP contribution in [0.25, 0.3) is 0 Å². The molecule has 8 heteroatoms. The van der Waals surface area contributed by atoms with Crippen molar-refractivity contribution in [3.63, 3.8) is 0 Å². The van der Waals surface area contributed by atoms with Crippen LogP contribution in [-0.2, 0) is 21.4 Å². The van der Waals surface area contributed by atoms with Crippen LogP contribution in [0.2, 0.25) is 5.02 Å². The first-order chi connectivity index (χ1) is 13.3. The molecule has 28 heavy (non-hydrogen) atoms. The number of rotatable bonds is 6. The van der Waals surface area contributed by atoms with Gasteiger partial charge in [-0.2, -0.15) is 4.72 Å². The van der Waals surface area contributed by atoms with Gasteiger partial charge in [-0.15, -0.1) is 0 Å². The van der Waals surface area contributed by atoms with E-state index in [0.29, 0.717) is 18.1 Å². The maximum atomic E-state index is 12.7. The van der Waals surface area contributed by atoms with Gasteiger partial charge < -0.3 is 4.90 Å². The van der Waals surface area contributed by atoms with Gasteiger partial charge in [0, 0.05) is 37.7 Å². The fraction of sp³-hybridized carbons (Fsp3) is 0.350. The Morgan fingerprint density at radius 1 is 1.04 bits per heavy atom. The summed E-state index contributed by atoms with van der Waals surface area (Å²) in [6, 6.07) is 15.2. The van der Waals surface area contributed by atoms with E-state index in [4.69, 9.17) is 11.6 Å². The second kappa shape index (κ2) is 9.05. The van der Waals surface area contributed by atoms with Crippen molar-refractivity contribution >= 4 is 27.5 Å². The van der Waals surface area contributed by atoms with Crippen LogP contribution < -0.4 is 4.72 Å². The number of piperazine rings is 1. The molecule has 0 unspecified atom stereocenters. The molecule has 1 aliphatic heterocycles. The van der Waals surface area contributed by atoms with Crippen molar-refractivity contribution < 1.29 is 13.2 Å². The largest absolute Gasteiger partial charge is 0.339 e. The van der Waals surface area contributed by atoms with Gasteiger partial charge >= 0.3 is 0 Å². The summed E-state index contributed by atoms with van der Waals surface area (Å²) in [5.41, 5.74) is 1.24. The van der Waals surface area contributed by atoms with Gasteiger partial charge in [0.15, 0.2) is 0 Å². The van der Waals surface area contributed by atoms with Crippen molar-refractivity contribution in [1.29, 1.82) is 0 Å². The van der Waals surface area contributed by atoms with E-state index < -0.39 is 16.1 Å². The highest BCUT2D eigenvalue weighted by molar-refractivity contribution is 7.89. The minimum atomic E-state index is -3.78. The number of hydrogen-bond acceptors (Lipinski definition) is 4. The first-order valence-electron chi connectivity index (χ1n) is 9.18. The highest BCUT2D eigenvalue weighted by atomic mass is 35.5.